The number of anilines is 1. The lowest BCUT2D eigenvalue weighted by atomic mass is 10.3. The second kappa shape index (κ2) is 2.50. The molecule has 0 aliphatic rings. The van der Waals surface area contributed by atoms with E-state index < -0.39 is 0 Å². The Morgan fingerprint density at radius 1 is 1.50 bits per heavy atom. The fourth-order valence-corrected chi connectivity index (χ4v) is 1.36. The maximum atomic E-state index is 5.78. The lowest BCUT2D eigenvalue weighted by Crippen LogP contribution is -1.87. The molecule has 62 valence electrons. The van der Waals surface area contributed by atoms with Gasteiger partial charge in [0.05, 0.1) is 10.7 Å². The first kappa shape index (κ1) is 7.64. The summed E-state index contributed by atoms with van der Waals surface area (Å²) in [6.07, 6.45) is 0. The highest BCUT2D eigenvalue weighted by Gasteiger charge is 2.05. The number of fused-ring (bicyclic) bond motifs is 1. The Labute approximate surface area is 78.1 Å². The highest BCUT2D eigenvalue weighted by molar-refractivity contribution is 7.71. The van der Waals surface area contributed by atoms with Gasteiger partial charge < -0.3 is 15.1 Å². The van der Waals surface area contributed by atoms with Crippen LogP contribution in [0.2, 0.25) is 5.02 Å². The molecule has 0 aliphatic heterocycles. The Kier molecular flexibility index (Phi) is 1.59. The summed E-state index contributed by atoms with van der Waals surface area (Å²) in [5, 5.41) is 0.495. The minimum atomic E-state index is 0.305. The Balaban J connectivity index is 2.99. The van der Waals surface area contributed by atoms with Gasteiger partial charge in [-0.05, 0) is 24.4 Å². The van der Waals surface area contributed by atoms with Crippen LogP contribution in [0.15, 0.2) is 16.5 Å². The number of nitrogens with one attached hydrogen (secondary N) is 1. The maximum Gasteiger partial charge on any atom is 0.266 e. The molecule has 12 heavy (non-hydrogen) atoms. The van der Waals surface area contributed by atoms with Gasteiger partial charge in [-0.3, -0.25) is 0 Å². The molecule has 0 amide bonds. The van der Waals surface area contributed by atoms with Crippen LogP contribution in [-0.2, 0) is 0 Å². The van der Waals surface area contributed by atoms with Crippen molar-refractivity contribution in [2.24, 2.45) is 0 Å². The molecule has 0 aliphatic carbocycles. The highest BCUT2D eigenvalue weighted by Crippen LogP contribution is 2.27. The van der Waals surface area contributed by atoms with E-state index in [1.54, 1.807) is 12.1 Å². The monoisotopic (exact) mass is 200 g/mol. The zero-order valence-corrected chi connectivity index (χ0v) is 7.50. The van der Waals surface area contributed by atoms with E-state index in [4.69, 9.17) is 34.0 Å². The fourth-order valence-electron chi connectivity index (χ4n) is 1.02. The molecule has 1 heterocycles. The first-order valence-corrected chi connectivity index (χ1v) is 4.04. The zero-order chi connectivity index (χ0) is 8.72. The van der Waals surface area contributed by atoms with E-state index in [0.717, 1.165) is 0 Å². The van der Waals surface area contributed by atoms with Crippen molar-refractivity contribution < 1.29 is 4.42 Å². The summed E-state index contributed by atoms with van der Waals surface area (Å²) in [7, 11) is 0. The van der Waals surface area contributed by atoms with Gasteiger partial charge in [-0.1, -0.05) is 11.6 Å². The Morgan fingerprint density at radius 2 is 2.25 bits per heavy atom. The second-order valence-corrected chi connectivity index (χ2v) is 3.13. The van der Waals surface area contributed by atoms with Crippen LogP contribution in [0.25, 0.3) is 11.1 Å². The third-order valence-corrected chi connectivity index (χ3v) is 2.10. The normalized spacial score (nSPS) is 10.8. The van der Waals surface area contributed by atoms with Crippen molar-refractivity contribution >= 4 is 40.6 Å². The molecule has 0 saturated carbocycles. The molecule has 5 heteroatoms. The predicted molar refractivity (Wildman–Crippen MR) is 50.8 cm³/mol. The van der Waals surface area contributed by atoms with E-state index in [-0.39, 0.29) is 0 Å². The van der Waals surface area contributed by atoms with Crippen LogP contribution in [0.1, 0.15) is 0 Å². The third kappa shape index (κ3) is 1.00. The lowest BCUT2D eigenvalue weighted by Gasteiger charge is -1.95. The molecule has 0 spiro atoms. The molecule has 1 aromatic heterocycles. The molecule has 1 aromatic carbocycles. The molecule has 0 saturated heterocycles. The topological polar surface area (TPSA) is 54.9 Å². The molecule has 3 N–H and O–H groups in total. The van der Waals surface area contributed by atoms with Crippen molar-refractivity contribution in [2.45, 2.75) is 0 Å². The van der Waals surface area contributed by atoms with Gasteiger partial charge in [0.15, 0.2) is 5.58 Å². The number of rotatable bonds is 0. The van der Waals surface area contributed by atoms with Gasteiger partial charge in [0.25, 0.3) is 4.84 Å². The van der Waals surface area contributed by atoms with E-state index in [1.165, 1.54) is 0 Å². The van der Waals surface area contributed by atoms with Crippen LogP contribution >= 0.6 is 23.8 Å². The number of nitrogen functional groups attached to an aromatic ring is 1. The largest absolute Gasteiger partial charge is 0.429 e. The van der Waals surface area contributed by atoms with E-state index >= 15 is 0 Å². The molecule has 0 unspecified atom stereocenters. The van der Waals surface area contributed by atoms with Crippen molar-refractivity contribution in [1.29, 1.82) is 0 Å². The summed E-state index contributed by atoms with van der Waals surface area (Å²) in [5.41, 5.74) is 7.42. The molecule has 2 aromatic rings. The van der Waals surface area contributed by atoms with E-state index in [1.807, 2.05) is 0 Å². The van der Waals surface area contributed by atoms with E-state index in [2.05, 4.69) is 4.98 Å². The molecule has 0 radical (unpaired) electrons. The van der Waals surface area contributed by atoms with Crippen LogP contribution in [0, 0.1) is 4.84 Å². The smallest absolute Gasteiger partial charge is 0.266 e. The van der Waals surface area contributed by atoms with Crippen molar-refractivity contribution in [3.05, 3.63) is 22.0 Å². The maximum absolute atomic E-state index is 5.78. The number of H-pyrrole nitrogens is 1. The summed E-state index contributed by atoms with van der Waals surface area (Å²) in [4.78, 5) is 3.11. The first-order valence-electron chi connectivity index (χ1n) is 3.25. The molecule has 3 nitrogen and oxygen atoms in total. The Bertz CT molecular complexity index is 488. The number of benzene rings is 1. The van der Waals surface area contributed by atoms with Gasteiger partial charge in [0.1, 0.15) is 5.52 Å². The summed E-state index contributed by atoms with van der Waals surface area (Å²) in [6.45, 7) is 0. The molecule has 0 fully saturated rings. The average Bonchev–Trinajstić information content (AvgIpc) is 2.39. The molecule has 0 bridgehead atoms. The minimum Gasteiger partial charge on any atom is -0.429 e. The standard InChI is InChI=1S/C7H5ClN2OS/c8-3-1-2-4-6(5(3)9)10-7(12)11-4/h1-2H,9H2,(H,10,12). The van der Waals surface area contributed by atoms with Gasteiger partial charge in [0, 0.05) is 0 Å². The highest BCUT2D eigenvalue weighted by atomic mass is 35.5. The van der Waals surface area contributed by atoms with Crippen LogP contribution in [0.3, 0.4) is 0 Å². The van der Waals surface area contributed by atoms with Gasteiger partial charge in [-0.15, -0.1) is 0 Å². The van der Waals surface area contributed by atoms with Crippen molar-refractivity contribution in [1.82, 2.24) is 4.98 Å². The Hall–Kier alpha value is -1.00. The summed E-state index contributed by atoms with van der Waals surface area (Å²) < 4.78 is 5.12. The van der Waals surface area contributed by atoms with E-state index in [9.17, 15) is 0 Å². The number of hydrogen-bond donors (Lipinski definition) is 2. The molecule has 2 rings (SSSR count). The number of oxazole rings is 1. The molecular weight excluding hydrogens is 196 g/mol. The minimum absolute atomic E-state index is 0.305. The summed E-state index contributed by atoms with van der Waals surface area (Å²) in [5.74, 6) is 0. The summed E-state index contributed by atoms with van der Waals surface area (Å²) >= 11 is 10.6. The number of aromatic amines is 1. The lowest BCUT2D eigenvalue weighted by molar-refractivity contribution is 0.583. The molecule has 0 atom stereocenters. The number of nitrogens with two attached hydrogens (primary N) is 1. The second-order valence-electron chi connectivity index (χ2n) is 2.35. The summed E-state index contributed by atoms with van der Waals surface area (Å²) in [6, 6.07) is 3.39. The SMILES string of the molecule is Nc1c(Cl)ccc2oc(=S)[nH]c12. The van der Waals surface area contributed by atoms with Crippen LogP contribution in [0.5, 0.6) is 0 Å². The van der Waals surface area contributed by atoms with Crippen LogP contribution < -0.4 is 5.73 Å². The van der Waals surface area contributed by atoms with Crippen LogP contribution in [-0.4, -0.2) is 4.98 Å². The van der Waals surface area contributed by atoms with Crippen molar-refractivity contribution in [3.63, 3.8) is 0 Å². The van der Waals surface area contributed by atoms with Gasteiger partial charge in [-0.2, -0.15) is 0 Å². The fraction of sp³-hybridized carbons (Fsp3) is 0. The average molecular weight is 201 g/mol. The molecular formula is C7H5ClN2OS. The van der Waals surface area contributed by atoms with Gasteiger partial charge >= 0.3 is 0 Å². The quantitative estimate of drug-likeness (QED) is 0.508. The number of halogens is 1. The Morgan fingerprint density at radius 3 is 3.00 bits per heavy atom. The predicted octanol–water partition coefficient (Wildman–Crippen LogP) is 2.73. The zero-order valence-electron chi connectivity index (χ0n) is 5.93. The van der Waals surface area contributed by atoms with E-state index in [0.29, 0.717) is 26.6 Å². The van der Waals surface area contributed by atoms with Crippen molar-refractivity contribution in [3.8, 4) is 0 Å². The first-order chi connectivity index (χ1) is 5.68. The number of hydrogen-bond acceptors (Lipinski definition) is 3. The third-order valence-electron chi connectivity index (χ3n) is 1.58. The van der Waals surface area contributed by atoms with Gasteiger partial charge in [-0.25, -0.2) is 0 Å². The van der Waals surface area contributed by atoms with Crippen molar-refractivity contribution in [2.75, 3.05) is 5.73 Å². The van der Waals surface area contributed by atoms with Crippen LogP contribution in [0.4, 0.5) is 5.69 Å². The number of aromatic nitrogens is 1. The van der Waals surface area contributed by atoms with Gasteiger partial charge in [0.2, 0.25) is 0 Å².